The summed E-state index contributed by atoms with van der Waals surface area (Å²) >= 11 is 0. The van der Waals surface area contributed by atoms with E-state index in [0.29, 0.717) is 11.9 Å². The molecule has 2 saturated heterocycles. The van der Waals surface area contributed by atoms with Gasteiger partial charge in [-0.05, 0) is 45.0 Å². The topological polar surface area (TPSA) is 61.4 Å². The van der Waals surface area contributed by atoms with E-state index < -0.39 is 0 Å². The van der Waals surface area contributed by atoms with Crippen LogP contribution in [0.2, 0.25) is 0 Å². The van der Waals surface area contributed by atoms with Crippen molar-refractivity contribution in [2.75, 3.05) is 38.5 Å². The zero-order valence-corrected chi connectivity index (χ0v) is 12.5. The summed E-state index contributed by atoms with van der Waals surface area (Å²) in [6.45, 7) is 3.64. The molecule has 0 radical (unpaired) electrons. The fourth-order valence-corrected chi connectivity index (χ4v) is 3.23. The fraction of sp³-hybridized carbons (Fsp3) is 0.667. The molecule has 21 heavy (non-hydrogen) atoms. The number of anilines is 1. The molecule has 0 aliphatic carbocycles. The number of aromatic nitrogens is 2. The number of nitrogens with zero attached hydrogens (tertiary/aromatic N) is 4. The minimum absolute atomic E-state index is 0.208. The van der Waals surface area contributed by atoms with E-state index in [1.165, 1.54) is 0 Å². The SMILES string of the molecule is CN1CC[C@H](C(=O)N2CCC(Nc3cccnn3)CC2)C1. The third-order valence-electron chi connectivity index (χ3n) is 4.47. The second-order valence-corrected chi connectivity index (χ2v) is 6.10. The van der Waals surface area contributed by atoms with Crippen LogP contribution in [0, 0.1) is 5.92 Å². The third-order valence-corrected chi connectivity index (χ3v) is 4.47. The van der Waals surface area contributed by atoms with Gasteiger partial charge < -0.3 is 15.1 Å². The molecule has 6 nitrogen and oxygen atoms in total. The maximum absolute atomic E-state index is 12.5. The molecule has 114 valence electrons. The van der Waals surface area contributed by atoms with Crippen molar-refractivity contribution in [3.63, 3.8) is 0 Å². The number of likely N-dealkylation sites (tertiary alicyclic amines) is 2. The molecule has 0 unspecified atom stereocenters. The van der Waals surface area contributed by atoms with E-state index in [1.54, 1.807) is 6.20 Å². The van der Waals surface area contributed by atoms with E-state index in [-0.39, 0.29) is 5.92 Å². The first-order valence-electron chi connectivity index (χ1n) is 7.74. The van der Waals surface area contributed by atoms with Gasteiger partial charge in [-0.1, -0.05) is 0 Å². The first-order valence-corrected chi connectivity index (χ1v) is 7.74. The molecule has 1 aromatic heterocycles. The Morgan fingerprint density at radius 2 is 2.10 bits per heavy atom. The second-order valence-electron chi connectivity index (χ2n) is 6.10. The first kappa shape index (κ1) is 14.3. The molecule has 3 rings (SSSR count). The number of carbonyl (C=O) groups excluding carboxylic acids is 1. The molecule has 1 atom stereocenters. The summed E-state index contributed by atoms with van der Waals surface area (Å²) in [7, 11) is 2.09. The van der Waals surface area contributed by atoms with Crippen LogP contribution in [0.25, 0.3) is 0 Å². The molecule has 6 heteroatoms. The predicted molar refractivity (Wildman–Crippen MR) is 80.9 cm³/mol. The number of rotatable bonds is 3. The molecule has 2 fully saturated rings. The van der Waals surface area contributed by atoms with Gasteiger partial charge in [0, 0.05) is 31.9 Å². The summed E-state index contributed by atoms with van der Waals surface area (Å²) in [5.74, 6) is 1.37. The normalized spacial score (nSPS) is 24.2. The van der Waals surface area contributed by atoms with Gasteiger partial charge in [-0.15, -0.1) is 5.10 Å². The van der Waals surface area contributed by atoms with Crippen molar-refractivity contribution in [3.8, 4) is 0 Å². The molecule has 1 aromatic rings. The highest BCUT2D eigenvalue weighted by Crippen LogP contribution is 2.21. The second kappa shape index (κ2) is 6.39. The van der Waals surface area contributed by atoms with Crippen LogP contribution in [0.15, 0.2) is 18.3 Å². The van der Waals surface area contributed by atoms with Gasteiger partial charge in [0.25, 0.3) is 0 Å². The van der Waals surface area contributed by atoms with E-state index in [9.17, 15) is 4.79 Å². The van der Waals surface area contributed by atoms with Crippen LogP contribution in [0.4, 0.5) is 5.82 Å². The Labute approximate surface area is 125 Å². The highest BCUT2D eigenvalue weighted by molar-refractivity contribution is 5.79. The highest BCUT2D eigenvalue weighted by atomic mass is 16.2. The van der Waals surface area contributed by atoms with Crippen molar-refractivity contribution in [1.29, 1.82) is 0 Å². The molecule has 1 amide bonds. The quantitative estimate of drug-likeness (QED) is 0.893. The molecule has 1 N–H and O–H groups in total. The highest BCUT2D eigenvalue weighted by Gasteiger charge is 2.31. The van der Waals surface area contributed by atoms with Crippen LogP contribution in [-0.2, 0) is 4.79 Å². The lowest BCUT2D eigenvalue weighted by Crippen LogP contribution is -2.45. The largest absolute Gasteiger partial charge is 0.366 e. The Kier molecular flexibility index (Phi) is 4.34. The van der Waals surface area contributed by atoms with Crippen LogP contribution in [0.3, 0.4) is 0 Å². The smallest absolute Gasteiger partial charge is 0.227 e. The van der Waals surface area contributed by atoms with Crippen LogP contribution >= 0.6 is 0 Å². The lowest BCUT2D eigenvalue weighted by Gasteiger charge is -2.34. The van der Waals surface area contributed by atoms with Crippen molar-refractivity contribution in [2.24, 2.45) is 5.92 Å². The zero-order valence-electron chi connectivity index (χ0n) is 12.5. The number of hydrogen-bond acceptors (Lipinski definition) is 5. The minimum atomic E-state index is 0.208. The molecular formula is C15H23N5O. The Morgan fingerprint density at radius 3 is 2.71 bits per heavy atom. The van der Waals surface area contributed by atoms with Crippen LogP contribution in [-0.4, -0.2) is 65.2 Å². The average Bonchev–Trinajstić information content (AvgIpc) is 2.95. The van der Waals surface area contributed by atoms with E-state index in [1.807, 2.05) is 17.0 Å². The van der Waals surface area contributed by atoms with Gasteiger partial charge in [-0.25, -0.2) is 0 Å². The van der Waals surface area contributed by atoms with Gasteiger partial charge in [0.1, 0.15) is 5.82 Å². The van der Waals surface area contributed by atoms with E-state index in [0.717, 1.165) is 51.3 Å². The summed E-state index contributed by atoms with van der Waals surface area (Å²) in [6, 6.07) is 4.20. The van der Waals surface area contributed by atoms with Crippen molar-refractivity contribution in [1.82, 2.24) is 20.0 Å². The van der Waals surface area contributed by atoms with Gasteiger partial charge in [-0.3, -0.25) is 4.79 Å². The average molecular weight is 289 g/mol. The number of carbonyl (C=O) groups is 1. The van der Waals surface area contributed by atoms with Gasteiger partial charge in [0.05, 0.1) is 5.92 Å². The van der Waals surface area contributed by atoms with Gasteiger partial charge >= 0.3 is 0 Å². The van der Waals surface area contributed by atoms with Crippen molar-refractivity contribution < 1.29 is 4.79 Å². The number of hydrogen-bond donors (Lipinski definition) is 1. The van der Waals surface area contributed by atoms with E-state index in [2.05, 4.69) is 27.5 Å². The Bertz CT molecular complexity index is 472. The molecule has 0 spiro atoms. The lowest BCUT2D eigenvalue weighted by atomic mass is 10.0. The van der Waals surface area contributed by atoms with Crippen molar-refractivity contribution in [2.45, 2.75) is 25.3 Å². The number of piperidine rings is 1. The zero-order chi connectivity index (χ0) is 14.7. The first-order chi connectivity index (χ1) is 10.2. The summed E-state index contributed by atoms with van der Waals surface area (Å²) in [5, 5.41) is 11.3. The summed E-state index contributed by atoms with van der Waals surface area (Å²) in [6.07, 6.45) is 4.63. The molecule has 0 aromatic carbocycles. The van der Waals surface area contributed by atoms with Gasteiger partial charge in [0.2, 0.25) is 5.91 Å². The fourth-order valence-electron chi connectivity index (χ4n) is 3.23. The van der Waals surface area contributed by atoms with Crippen LogP contribution in [0.5, 0.6) is 0 Å². The molecule has 0 bridgehead atoms. The Hall–Kier alpha value is -1.69. The number of nitrogens with one attached hydrogen (secondary N) is 1. The van der Waals surface area contributed by atoms with E-state index >= 15 is 0 Å². The Morgan fingerprint density at radius 1 is 1.29 bits per heavy atom. The molecular weight excluding hydrogens is 266 g/mol. The molecule has 3 heterocycles. The summed E-state index contributed by atoms with van der Waals surface area (Å²) in [4.78, 5) is 16.7. The Balaban J connectivity index is 1.47. The summed E-state index contributed by atoms with van der Waals surface area (Å²) in [5.41, 5.74) is 0. The third kappa shape index (κ3) is 3.50. The maximum atomic E-state index is 12.5. The van der Waals surface area contributed by atoms with E-state index in [4.69, 9.17) is 0 Å². The maximum Gasteiger partial charge on any atom is 0.227 e. The van der Waals surface area contributed by atoms with Crippen LogP contribution < -0.4 is 5.32 Å². The van der Waals surface area contributed by atoms with Crippen molar-refractivity contribution in [3.05, 3.63) is 18.3 Å². The lowest BCUT2D eigenvalue weighted by molar-refractivity contribution is -0.136. The predicted octanol–water partition coefficient (Wildman–Crippen LogP) is 0.831. The van der Waals surface area contributed by atoms with Gasteiger partial charge in [0.15, 0.2) is 0 Å². The molecule has 0 saturated carbocycles. The van der Waals surface area contributed by atoms with Crippen molar-refractivity contribution >= 4 is 11.7 Å². The minimum Gasteiger partial charge on any atom is -0.366 e. The monoisotopic (exact) mass is 289 g/mol. The molecule has 2 aliphatic heterocycles. The van der Waals surface area contributed by atoms with Gasteiger partial charge in [-0.2, -0.15) is 5.10 Å². The molecule has 2 aliphatic rings. The summed E-state index contributed by atoms with van der Waals surface area (Å²) < 4.78 is 0. The standard InChI is InChI=1S/C15H23N5O/c1-19-8-4-12(11-19)15(21)20-9-5-13(6-10-20)17-14-3-2-7-16-18-14/h2-3,7,12-13H,4-6,8-11H2,1H3,(H,17,18)/t12-/m0/s1. The van der Waals surface area contributed by atoms with Crippen LogP contribution in [0.1, 0.15) is 19.3 Å². The number of amides is 1.